The Balaban J connectivity index is 2.00. The first-order valence-electron chi connectivity index (χ1n) is 7.87. The van der Waals surface area contributed by atoms with E-state index in [1.165, 1.54) is 29.6 Å². The minimum absolute atomic E-state index is 0.0491. The lowest BCUT2D eigenvalue weighted by atomic mass is 9.92. The number of nitrogens with zero attached hydrogens (tertiary/aromatic N) is 2. The molecule has 9 heteroatoms. The van der Waals surface area contributed by atoms with Gasteiger partial charge in [0.25, 0.3) is 11.8 Å². The number of sulfonamides is 1. The van der Waals surface area contributed by atoms with Crippen LogP contribution in [0.2, 0.25) is 0 Å². The van der Waals surface area contributed by atoms with E-state index in [-0.39, 0.29) is 22.6 Å². The summed E-state index contributed by atoms with van der Waals surface area (Å²) >= 11 is 0. The van der Waals surface area contributed by atoms with Crippen molar-refractivity contribution in [2.45, 2.75) is 30.7 Å². The van der Waals surface area contributed by atoms with Crippen LogP contribution in [0.5, 0.6) is 0 Å². The molecule has 2 aliphatic rings. The van der Waals surface area contributed by atoms with E-state index in [0.717, 1.165) is 4.90 Å². The van der Waals surface area contributed by atoms with Crippen LogP contribution in [0.15, 0.2) is 23.1 Å². The van der Waals surface area contributed by atoms with Gasteiger partial charge in [-0.15, -0.1) is 0 Å². The van der Waals surface area contributed by atoms with Gasteiger partial charge in [0.15, 0.2) is 0 Å². The van der Waals surface area contributed by atoms with Crippen LogP contribution >= 0.6 is 0 Å². The van der Waals surface area contributed by atoms with Crippen molar-refractivity contribution < 1.29 is 27.9 Å². The third-order valence-corrected chi connectivity index (χ3v) is 6.90. The van der Waals surface area contributed by atoms with Crippen LogP contribution < -0.4 is 0 Å². The first-order chi connectivity index (χ1) is 11.7. The van der Waals surface area contributed by atoms with Gasteiger partial charge in [0, 0.05) is 19.6 Å². The zero-order chi connectivity index (χ0) is 18.5. The largest absolute Gasteiger partial charge is 0.481 e. The third kappa shape index (κ3) is 2.63. The lowest BCUT2D eigenvalue weighted by Gasteiger charge is -2.36. The Kier molecular flexibility index (Phi) is 4.16. The number of hydrogen-bond donors (Lipinski definition) is 1. The standard InChI is InChI=1S/C16H18N2O6S/c1-9-11(16(21)22)4-3-7-18(9)25(23,24)10-5-6-12-13(8-10)15(20)17(2)14(12)19/h5-6,8-9,11H,3-4,7H2,1-2H3,(H,21,22)/t9-,11-/m1/s1. The second kappa shape index (κ2) is 5.92. The molecule has 0 saturated carbocycles. The maximum absolute atomic E-state index is 13.0. The Morgan fingerprint density at radius 1 is 1.20 bits per heavy atom. The molecule has 0 bridgehead atoms. The zero-order valence-corrected chi connectivity index (χ0v) is 14.6. The Labute approximate surface area is 145 Å². The van der Waals surface area contributed by atoms with E-state index in [2.05, 4.69) is 0 Å². The predicted molar refractivity (Wildman–Crippen MR) is 86.6 cm³/mol. The number of piperidine rings is 1. The molecule has 25 heavy (non-hydrogen) atoms. The van der Waals surface area contributed by atoms with Crippen molar-refractivity contribution >= 4 is 27.8 Å². The van der Waals surface area contributed by atoms with Crippen LogP contribution in [0.4, 0.5) is 0 Å². The van der Waals surface area contributed by atoms with E-state index in [9.17, 15) is 27.9 Å². The summed E-state index contributed by atoms with van der Waals surface area (Å²) in [5.74, 6) is -2.82. The molecular weight excluding hydrogens is 348 g/mol. The lowest BCUT2D eigenvalue weighted by molar-refractivity contribution is -0.144. The fraction of sp³-hybridized carbons (Fsp3) is 0.438. The van der Waals surface area contributed by atoms with E-state index in [0.29, 0.717) is 12.8 Å². The molecule has 2 atom stereocenters. The molecule has 0 radical (unpaired) electrons. The van der Waals surface area contributed by atoms with Gasteiger partial charge in [-0.05, 0) is 38.0 Å². The van der Waals surface area contributed by atoms with Gasteiger partial charge in [-0.3, -0.25) is 19.3 Å². The number of amides is 2. The molecule has 1 saturated heterocycles. The van der Waals surface area contributed by atoms with E-state index in [1.54, 1.807) is 6.92 Å². The quantitative estimate of drug-likeness (QED) is 0.792. The van der Waals surface area contributed by atoms with Crippen molar-refractivity contribution in [3.05, 3.63) is 29.3 Å². The topological polar surface area (TPSA) is 112 Å². The Morgan fingerprint density at radius 2 is 1.84 bits per heavy atom. The smallest absolute Gasteiger partial charge is 0.308 e. The molecule has 2 amide bonds. The molecule has 0 aromatic heterocycles. The number of hydrogen-bond acceptors (Lipinski definition) is 5. The highest BCUT2D eigenvalue weighted by Gasteiger charge is 2.41. The summed E-state index contributed by atoms with van der Waals surface area (Å²) in [6.07, 6.45) is 0.871. The zero-order valence-electron chi connectivity index (χ0n) is 13.8. The van der Waals surface area contributed by atoms with E-state index < -0.39 is 39.8 Å². The van der Waals surface area contributed by atoms with Gasteiger partial charge >= 0.3 is 5.97 Å². The van der Waals surface area contributed by atoms with Crippen LogP contribution in [-0.4, -0.2) is 60.1 Å². The highest BCUT2D eigenvalue weighted by molar-refractivity contribution is 7.89. The Hall–Kier alpha value is -2.26. The minimum atomic E-state index is -3.97. The minimum Gasteiger partial charge on any atom is -0.481 e. The molecular formula is C16H18N2O6S. The SMILES string of the molecule is C[C@@H]1[C@H](C(=O)O)CCCN1S(=O)(=O)c1ccc2c(c1)C(=O)N(C)C2=O. The first kappa shape index (κ1) is 17.6. The maximum atomic E-state index is 13.0. The van der Waals surface area contributed by atoms with Gasteiger partial charge in [0.05, 0.1) is 21.9 Å². The molecule has 1 fully saturated rings. The van der Waals surface area contributed by atoms with Gasteiger partial charge in [0.2, 0.25) is 10.0 Å². The molecule has 2 aliphatic heterocycles. The summed E-state index contributed by atoms with van der Waals surface area (Å²) in [6, 6.07) is 3.13. The number of carbonyl (C=O) groups excluding carboxylic acids is 2. The molecule has 3 rings (SSSR count). The second-order valence-corrected chi connectivity index (χ2v) is 8.21. The maximum Gasteiger partial charge on any atom is 0.308 e. The van der Waals surface area contributed by atoms with E-state index in [4.69, 9.17) is 0 Å². The summed E-state index contributed by atoms with van der Waals surface area (Å²) in [4.78, 5) is 36.2. The predicted octanol–water partition coefficient (Wildman–Crippen LogP) is 0.786. The molecule has 1 aromatic rings. The summed E-state index contributed by atoms with van der Waals surface area (Å²) in [5.41, 5.74) is 0.217. The number of benzene rings is 1. The number of aliphatic carboxylic acids is 1. The highest BCUT2D eigenvalue weighted by atomic mass is 32.2. The van der Waals surface area contributed by atoms with Gasteiger partial charge in [-0.25, -0.2) is 8.42 Å². The summed E-state index contributed by atoms with van der Waals surface area (Å²) in [6.45, 7) is 1.79. The number of carboxylic acid groups (broad SMARTS) is 1. The lowest BCUT2D eigenvalue weighted by Crippen LogP contribution is -2.49. The van der Waals surface area contributed by atoms with Crippen molar-refractivity contribution in [3.8, 4) is 0 Å². The van der Waals surface area contributed by atoms with Crippen molar-refractivity contribution in [1.29, 1.82) is 0 Å². The third-order valence-electron chi connectivity index (χ3n) is 4.92. The molecule has 8 nitrogen and oxygen atoms in total. The van der Waals surface area contributed by atoms with E-state index in [1.807, 2.05) is 0 Å². The Bertz CT molecular complexity index is 879. The van der Waals surface area contributed by atoms with E-state index >= 15 is 0 Å². The van der Waals surface area contributed by atoms with Gasteiger partial charge in [-0.2, -0.15) is 4.31 Å². The molecule has 1 aromatic carbocycles. The summed E-state index contributed by atoms with van der Waals surface area (Å²) in [5, 5.41) is 9.27. The number of fused-ring (bicyclic) bond motifs is 1. The van der Waals surface area contributed by atoms with Crippen LogP contribution in [0.1, 0.15) is 40.5 Å². The van der Waals surface area contributed by atoms with Crippen molar-refractivity contribution in [1.82, 2.24) is 9.21 Å². The number of imide groups is 1. The second-order valence-electron chi connectivity index (χ2n) is 6.32. The number of rotatable bonds is 3. The fourth-order valence-electron chi connectivity index (χ4n) is 3.42. The van der Waals surface area contributed by atoms with Crippen LogP contribution in [0.3, 0.4) is 0 Å². The van der Waals surface area contributed by atoms with Crippen molar-refractivity contribution in [3.63, 3.8) is 0 Å². The van der Waals surface area contributed by atoms with Crippen molar-refractivity contribution in [2.75, 3.05) is 13.6 Å². The average molecular weight is 366 g/mol. The molecule has 1 N–H and O–H groups in total. The number of carbonyl (C=O) groups is 3. The van der Waals surface area contributed by atoms with Crippen molar-refractivity contribution in [2.24, 2.45) is 5.92 Å². The monoisotopic (exact) mass is 366 g/mol. The molecule has 0 spiro atoms. The molecule has 2 heterocycles. The fourth-order valence-corrected chi connectivity index (χ4v) is 5.15. The molecule has 0 aliphatic carbocycles. The number of carboxylic acids is 1. The summed E-state index contributed by atoms with van der Waals surface area (Å²) in [7, 11) is -2.63. The molecule has 0 unspecified atom stereocenters. The van der Waals surface area contributed by atoms with Crippen LogP contribution in [0.25, 0.3) is 0 Å². The average Bonchev–Trinajstić information content (AvgIpc) is 2.79. The van der Waals surface area contributed by atoms with Crippen LogP contribution in [-0.2, 0) is 14.8 Å². The summed E-state index contributed by atoms with van der Waals surface area (Å²) < 4.78 is 27.1. The van der Waals surface area contributed by atoms with Gasteiger partial charge in [0.1, 0.15) is 0 Å². The van der Waals surface area contributed by atoms with Gasteiger partial charge < -0.3 is 5.11 Å². The first-order valence-corrected chi connectivity index (χ1v) is 9.31. The highest BCUT2D eigenvalue weighted by Crippen LogP contribution is 2.31. The van der Waals surface area contributed by atoms with Crippen LogP contribution in [0, 0.1) is 5.92 Å². The normalized spacial score (nSPS) is 24.5. The van der Waals surface area contributed by atoms with Gasteiger partial charge in [-0.1, -0.05) is 0 Å². The molecule has 134 valence electrons. The Morgan fingerprint density at radius 3 is 2.48 bits per heavy atom.